The Hall–Kier alpha value is -3.02. The van der Waals surface area contributed by atoms with E-state index < -0.39 is 18.8 Å². The molecule has 2 aliphatic rings. The van der Waals surface area contributed by atoms with E-state index in [1.165, 1.54) is 18.5 Å². The molecule has 2 heterocycles. The summed E-state index contributed by atoms with van der Waals surface area (Å²) in [5.41, 5.74) is 5.27. The molecular weight excluding hydrogens is 400 g/mol. The lowest BCUT2D eigenvalue weighted by Gasteiger charge is -2.32. The number of benzene rings is 2. The molecule has 2 saturated heterocycles. The number of likely N-dealkylation sites (tertiary alicyclic amines) is 1. The van der Waals surface area contributed by atoms with Crippen molar-refractivity contribution in [2.24, 2.45) is 11.8 Å². The van der Waals surface area contributed by atoms with E-state index in [2.05, 4.69) is 46.7 Å². The number of amides is 2. The first-order valence-corrected chi connectivity index (χ1v) is 11.4. The maximum Gasteiger partial charge on any atom is 0.225 e. The fraction of sp³-hybridized carbons (Fsp3) is 0.462. The molecule has 0 aromatic heterocycles. The lowest BCUT2D eigenvalue weighted by atomic mass is 9.99. The van der Waals surface area contributed by atoms with Crippen molar-refractivity contribution in [3.8, 4) is 0 Å². The van der Waals surface area contributed by atoms with E-state index in [4.69, 9.17) is 4.11 Å². The van der Waals surface area contributed by atoms with E-state index >= 15 is 0 Å². The molecule has 0 bridgehead atoms. The van der Waals surface area contributed by atoms with Gasteiger partial charge in [-0.2, -0.15) is 0 Å². The number of carbonyl (C=O) groups is 2. The molecule has 2 aliphatic heterocycles. The number of hydrogen-bond donors (Lipinski definition) is 2. The van der Waals surface area contributed by atoms with Crippen LogP contribution >= 0.6 is 0 Å². The van der Waals surface area contributed by atoms with Crippen LogP contribution in [0, 0.1) is 18.8 Å². The van der Waals surface area contributed by atoms with Crippen molar-refractivity contribution < 1.29 is 13.7 Å². The predicted molar refractivity (Wildman–Crippen MR) is 129 cm³/mol. The predicted octanol–water partition coefficient (Wildman–Crippen LogP) is 4.07. The number of hydrogen-bond acceptors (Lipinski definition) is 4. The minimum atomic E-state index is -2.50. The summed E-state index contributed by atoms with van der Waals surface area (Å²) in [7, 11) is 0. The summed E-state index contributed by atoms with van der Waals surface area (Å²) < 4.78 is 22.2. The minimum Gasteiger partial charge on any atom is -0.372 e. The third-order valence-electron chi connectivity index (χ3n) is 6.55. The summed E-state index contributed by atoms with van der Waals surface area (Å²) in [5.74, 6) is -0.630. The molecule has 32 heavy (non-hydrogen) atoms. The first kappa shape index (κ1) is 18.5. The van der Waals surface area contributed by atoms with Gasteiger partial charge < -0.3 is 20.4 Å². The van der Waals surface area contributed by atoms with Gasteiger partial charge in [0.05, 0.1) is 5.92 Å². The first-order valence-electron chi connectivity index (χ1n) is 12.9. The van der Waals surface area contributed by atoms with Crippen molar-refractivity contribution in [2.75, 3.05) is 36.8 Å². The van der Waals surface area contributed by atoms with Crippen LogP contribution < -0.4 is 15.5 Å². The van der Waals surface area contributed by atoms with Gasteiger partial charge in [-0.1, -0.05) is 19.1 Å². The van der Waals surface area contributed by atoms with Crippen molar-refractivity contribution in [2.45, 2.75) is 39.7 Å². The minimum absolute atomic E-state index is 0.0677. The molecule has 0 radical (unpaired) electrons. The molecule has 6 heteroatoms. The van der Waals surface area contributed by atoms with Crippen LogP contribution in [0.25, 0.3) is 0 Å². The van der Waals surface area contributed by atoms with E-state index in [-0.39, 0.29) is 18.9 Å². The Morgan fingerprint density at radius 2 is 1.91 bits per heavy atom. The van der Waals surface area contributed by atoms with Gasteiger partial charge in [0.1, 0.15) is 0 Å². The highest BCUT2D eigenvalue weighted by molar-refractivity contribution is 5.89. The normalized spacial score (nSPS) is 21.1. The molecule has 2 aromatic rings. The zero-order chi connectivity index (χ0) is 25.2. The molecule has 2 N–H and O–H groups in total. The number of carbonyl (C=O) groups excluding carboxylic acids is 2. The van der Waals surface area contributed by atoms with E-state index in [0.717, 1.165) is 46.4 Å². The second kappa shape index (κ2) is 9.63. The quantitative estimate of drug-likeness (QED) is 0.715. The SMILES string of the molecule is [2H]C([2H])([2H])N1CC(C(=O)NCc2ccc(Nc3ccc(N4CCC(C)CC4)cc3)c(C)c2)CC1=O. The van der Waals surface area contributed by atoms with Crippen molar-refractivity contribution >= 4 is 28.9 Å². The Bertz CT molecular complexity index is 1060. The molecule has 2 fully saturated rings. The van der Waals surface area contributed by atoms with Crippen LogP contribution in [0.3, 0.4) is 0 Å². The molecule has 170 valence electrons. The Kier molecular flexibility index (Phi) is 5.58. The van der Waals surface area contributed by atoms with Gasteiger partial charge in [-0.15, -0.1) is 0 Å². The van der Waals surface area contributed by atoms with Crippen LogP contribution in [-0.2, 0) is 16.1 Å². The van der Waals surface area contributed by atoms with Gasteiger partial charge in [-0.05, 0) is 67.1 Å². The van der Waals surface area contributed by atoms with Crippen LogP contribution in [0.4, 0.5) is 17.1 Å². The number of anilines is 3. The molecule has 6 nitrogen and oxygen atoms in total. The average molecular weight is 438 g/mol. The van der Waals surface area contributed by atoms with Crippen LogP contribution in [-0.4, -0.2) is 43.3 Å². The van der Waals surface area contributed by atoms with Crippen LogP contribution in [0.2, 0.25) is 0 Å². The summed E-state index contributed by atoms with van der Waals surface area (Å²) >= 11 is 0. The van der Waals surface area contributed by atoms with Gasteiger partial charge in [0, 0.05) is 60.8 Å². The van der Waals surface area contributed by atoms with Gasteiger partial charge in [0.15, 0.2) is 0 Å². The van der Waals surface area contributed by atoms with E-state index in [9.17, 15) is 9.59 Å². The molecule has 0 aliphatic carbocycles. The fourth-order valence-corrected chi connectivity index (χ4v) is 4.37. The van der Waals surface area contributed by atoms with Gasteiger partial charge in [-0.25, -0.2) is 0 Å². The highest BCUT2D eigenvalue weighted by Crippen LogP contribution is 2.27. The van der Waals surface area contributed by atoms with Crippen LogP contribution in [0.15, 0.2) is 42.5 Å². The molecule has 0 spiro atoms. The van der Waals surface area contributed by atoms with Crippen LogP contribution in [0.1, 0.15) is 41.4 Å². The lowest BCUT2D eigenvalue weighted by Crippen LogP contribution is -2.32. The van der Waals surface area contributed by atoms with Crippen molar-refractivity contribution in [3.63, 3.8) is 0 Å². The average Bonchev–Trinajstić information content (AvgIpc) is 3.22. The van der Waals surface area contributed by atoms with Gasteiger partial charge >= 0.3 is 0 Å². The van der Waals surface area contributed by atoms with Crippen molar-refractivity contribution in [1.82, 2.24) is 10.2 Å². The van der Waals surface area contributed by atoms with E-state index in [1.54, 1.807) is 0 Å². The number of piperidine rings is 1. The topological polar surface area (TPSA) is 64.7 Å². The molecular formula is C26H34N4O2. The van der Waals surface area contributed by atoms with Crippen molar-refractivity contribution in [3.05, 3.63) is 53.6 Å². The number of nitrogens with zero attached hydrogens (tertiary/aromatic N) is 2. The molecule has 0 saturated carbocycles. The number of nitrogens with one attached hydrogen (secondary N) is 2. The second-order valence-corrected chi connectivity index (χ2v) is 9.11. The third-order valence-corrected chi connectivity index (χ3v) is 6.55. The Balaban J connectivity index is 1.30. The monoisotopic (exact) mass is 437 g/mol. The molecule has 1 atom stereocenters. The number of aryl methyl sites for hydroxylation is 1. The summed E-state index contributed by atoms with van der Waals surface area (Å²) in [6, 6.07) is 14.5. The number of rotatable bonds is 6. The van der Waals surface area contributed by atoms with Gasteiger partial charge in [0.2, 0.25) is 11.8 Å². The summed E-state index contributed by atoms with van der Waals surface area (Å²) in [4.78, 5) is 27.7. The Morgan fingerprint density at radius 3 is 2.56 bits per heavy atom. The molecule has 2 aromatic carbocycles. The molecule has 1 unspecified atom stereocenters. The van der Waals surface area contributed by atoms with Gasteiger partial charge in [-0.3, -0.25) is 9.59 Å². The summed E-state index contributed by atoms with van der Waals surface area (Å²) in [6.07, 6.45) is 2.42. The third kappa shape index (κ3) is 5.23. The lowest BCUT2D eigenvalue weighted by molar-refractivity contribution is -0.128. The van der Waals surface area contributed by atoms with Crippen molar-refractivity contribution in [1.29, 1.82) is 0 Å². The summed E-state index contributed by atoms with van der Waals surface area (Å²) in [5, 5.41) is 6.31. The largest absolute Gasteiger partial charge is 0.372 e. The molecule has 2 amide bonds. The zero-order valence-corrected chi connectivity index (χ0v) is 18.9. The smallest absolute Gasteiger partial charge is 0.225 e. The standard InChI is InChI=1S/C26H34N4O2/c1-18-10-12-30(13-11-18)23-7-5-22(6-8-23)28-24-9-4-20(14-19(24)2)16-27-26(32)21-15-25(31)29(3)17-21/h4-9,14,18,21,28H,10-13,15-17H2,1-3H3,(H,27,32)/i3D3. The first-order chi connectivity index (χ1) is 16.6. The molecule has 4 rings (SSSR count). The maximum absolute atomic E-state index is 12.5. The highest BCUT2D eigenvalue weighted by atomic mass is 16.2. The Labute approximate surface area is 195 Å². The maximum atomic E-state index is 12.5. The second-order valence-electron chi connectivity index (χ2n) is 9.11. The highest BCUT2D eigenvalue weighted by Gasteiger charge is 2.31. The zero-order valence-electron chi connectivity index (χ0n) is 21.9. The summed E-state index contributed by atoms with van der Waals surface area (Å²) in [6.45, 7) is 4.30. The van der Waals surface area contributed by atoms with Gasteiger partial charge in [0.25, 0.3) is 0 Å². The fourth-order valence-electron chi connectivity index (χ4n) is 4.37. The Morgan fingerprint density at radius 1 is 1.16 bits per heavy atom. The van der Waals surface area contributed by atoms with E-state index in [1.807, 2.05) is 25.1 Å². The van der Waals surface area contributed by atoms with Crippen LogP contribution in [0.5, 0.6) is 0 Å². The van der Waals surface area contributed by atoms with E-state index in [0.29, 0.717) is 6.54 Å².